The zero-order valence-electron chi connectivity index (χ0n) is 5.02. The Morgan fingerprint density at radius 1 is 1.30 bits per heavy atom. The highest BCUT2D eigenvalue weighted by molar-refractivity contribution is 7.18. The van der Waals surface area contributed by atoms with Crippen molar-refractivity contribution in [3.63, 3.8) is 0 Å². The van der Waals surface area contributed by atoms with Gasteiger partial charge in [0.1, 0.15) is 0 Å². The van der Waals surface area contributed by atoms with E-state index >= 15 is 0 Å². The van der Waals surface area contributed by atoms with Crippen molar-refractivity contribution in [2.24, 2.45) is 0 Å². The van der Waals surface area contributed by atoms with Gasteiger partial charge in [0, 0.05) is 4.88 Å². The second kappa shape index (κ2) is 2.48. The smallest absolute Gasteiger partial charge is 0.0853 e. The van der Waals surface area contributed by atoms with E-state index in [1.165, 1.54) is 16.4 Å². The van der Waals surface area contributed by atoms with Crippen LogP contribution in [0.15, 0.2) is 23.7 Å². The first-order chi connectivity index (χ1) is 4.97. The first-order valence-electron chi connectivity index (χ1n) is 2.78. The van der Waals surface area contributed by atoms with Gasteiger partial charge < -0.3 is 0 Å². The van der Waals surface area contributed by atoms with Crippen LogP contribution in [0.25, 0.3) is 9.75 Å². The van der Waals surface area contributed by atoms with Crippen molar-refractivity contribution in [3.8, 4) is 9.75 Å². The minimum Gasteiger partial charge on any atom is -0.146 e. The van der Waals surface area contributed by atoms with E-state index in [0.717, 1.165) is 4.88 Å². The van der Waals surface area contributed by atoms with Crippen molar-refractivity contribution in [2.45, 2.75) is 0 Å². The molecule has 0 saturated heterocycles. The molecule has 50 valence electrons. The molecule has 0 radical (unpaired) electrons. The molecule has 0 fully saturated rings. The summed E-state index contributed by atoms with van der Waals surface area (Å²) in [6, 6.07) is 4.10. The summed E-state index contributed by atoms with van der Waals surface area (Å²) in [4.78, 5) is 2.39. The van der Waals surface area contributed by atoms with Gasteiger partial charge in [-0.2, -0.15) is 0 Å². The van der Waals surface area contributed by atoms with Crippen LogP contribution in [0.4, 0.5) is 0 Å². The molecule has 0 aliphatic heterocycles. The van der Waals surface area contributed by atoms with E-state index in [1.54, 1.807) is 17.5 Å². The molecule has 0 bridgehead atoms. The average molecular weight is 168 g/mol. The molecule has 2 aromatic heterocycles. The van der Waals surface area contributed by atoms with Gasteiger partial charge in [-0.05, 0) is 23.0 Å². The Morgan fingerprint density at radius 2 is 2.30 bits per heavy atom. The quantitative estimate of drug-likeness (QED) is 0.652. The fraction of sp³-hybridized carbons (Fsp3) is 0. The van der Waals surface area contributed by atoms with E-state index in [-0.39, 0.29) is 0 Å². The SMILES string of the molecule is c1csc(-c2cnns2)c1. The Morgan fingerprint density at radius 3 is 2.90 bits per heavy atom. The van der Waals surface area contributed by atoms with Gasteiger partial charge in [-0.25, -0.2) is 0 Å². The van der Waals surface area contributed by atoms with Crippen LogP contribution in [0.1, 0.15) is 0 Å². The Kier molecular flexibility index (Phi) is 1.49. The second-order valence-corrected chi connectivity index (χ2v) is 3.49. The first-order valence-corrected chi connectivity index (χ1v) is 4.43. The van der Waals surface area contributed by atoms with E-state index in [1.807, 2.05) is 6.07 Å². The lowest BCUT2D eigenvalue weighted by atomic mass is 10.4. The minimum atomic E-state index is 1.15. The van der Waals surface area contributed by atoms with E-state index in [2.05, 4.69) is 21.0 Å². The number of thiophene rings is 1. The van der Waals surface area contributed by atoms with Gasteiger partial charge in [-0.15, -0.1) is 16.4 Å². The van der Waals surface area contributed by atoms with Crippen molar-refractivity contribution in [3.05, 3.63) is 23.7 Å². The normalized spacial score (nSPS) is 10.0. The highest BCUT2D eigenvalue weighted by atomic mass is 32.1. The number of nitrogens with zero attached hydrogens (tertiary/aromatic N) is 2. The summed E-state index contributed by atoms with van der Waals surface area (Å²) in [6.45, 7) is 0. The molecular weight excluding hydrogens is 164 g/mol. The topological polar surface area (TPSA) is 25.8 Å². The molecule has 2 nitrogen and oxygen atoms in total. The highest BCUT2D eigenvalue weighted by Crippen LogP contribution is 2.25. The summed E-state index contributed by atoms with van der Waals surface area (Å²) in [6.07, 6.45) is 1.79. The van der Waals surface area contributed by atoms with Crippen molar-refractivity contribution in [1.29, 1.82) is 0 Å². The van der Waals surface area contributed by atoms with Crippen LogP contribution in [0, 0.1) is 0 Å². The third kappa shape index (κ3) is 0.955. The number of hydrogen-bond donors (Lipinski definition) is 0. The zero-order chi connectivity index (χ0) is 6.81. The predicted octanol–water partition coefficient (Wildman–Crippen LogP) is 2.27. The Labute approximate surface area is 66.3 Å². The predicted molar refractivity (Wildman–Crippen MR) is 43.2 cm³/mol. The molecule has 0 atom stereocenters. The molecule has 0 unspecified atom stereocenters. The van der Waals surface area contributed by atoms with Gasteiger partial charge in [0.25, 0.3) is 0 Å². The molecule has 0 aliphatic carbocycles. The molecule has 10 heavy (non-hydrogen) atoms. The molecule has 0 aliphatic rings. The molecular formula is C6H4N2S2. The van der Waals surface area contributed by atoms with Crippen LogP contribution >= 0.6 is 22.9 Å². The van der Waals surface area contributed by atoms with Gasteiger partial charge in [-0.3, -0.25) is 0 Å². The molecule has 0 amide bonds. The lowest BCUT2D eigenvalue weighted by Crippen LogP contribution is -1.57. The largest absolute Gasteiger partial charge is 0.146 e. The van der Waals surface area contributed by atoms with Gasteiger partial charge in [0.2, 0.25) is 0 Å². The molecule has 4 heteroatoms. The fourth-order valence-corrected chi connectivity index (χ4v) is 2.01. The Balaban J connectivity index is 2.48. The standard InChI is InChI=1S/C6H4N2S2/c1-2-5(9-3-1)6-4-7-8-10-6/h1-4H. The van der Waals surface area contributed by atoms with Gasteiger partial charge in [0.15, 0.2) is 0 Å². The zero-order valence-corrected chi connectivity index (χ0v) is 6.65. The molecule has 2 rings (SSSR count). The van der Waals surface area contributed by atoms with E-state index in [0.29, 0.717) is 0 Å². The summed E-state index contributed by atoms with van der Waals surface area (Å²) in [5.41, 5.74) is 0. The fourth-order valence-electron chi connectivity index (χ4n) is 0.694. The van der Waals surface area contributed by atoms with Crippen molar-refractivity contribution >= 4 is 22.9 Å². The average Bonchev–Trinajstić information content (AvgIpc) is 2.59. The summed E-state index contributed by atoms with van der Waals surface area (Å²) < 4.78 is 3.78. The van der Waals surface area contributed by atoms with E-state index in [9.17, 15) is 0 Å². The molecule has 0 saturated carbocycles. The van der Waals surface area contributed by atoms with Crippen LogP contribution in [-0.2, 0) is 0 Å². The Hall–Kier alpha value is -0.740. The van der Waals surface area contributed by atoms with Crippen LogP contribution in [0.2, 0.25) is 0 Å². The van der Waals surface area contributed by atoms with Crippen molar-refractivity contribution in [2.75, 3.05) is 0 Å². The lowest BCUT2D eigenvalue weighted by Gasteiger charge is -1.81. The highest BCUT2D eigenvalue weighted by Gasteiger charge is 1.98. The Bertz CT molecular complexity index is 253. The summed E-state index contributed by atoms with van der Waals surface area (Å²) in [5.74, 6) is 0. The van der Waals surface area contributed by atoms with Gasteiger partial charge >= 0.3 is 0 Å². The molecule has 0 aromatic carbocycles. The van der Waals surface area contributed by atoms with E-state index in [4.69, 9.17) is 0 Å². The number of aromatic nitrogens is 2. The lowest BCUT2D eigenvalue weighted by molar-refractivity contribution is 1.16. The van der Waals surface area contributed by atoms with E-state index < -0.39 is 0 Å². The van der Waals surface area contributed by atoms with Gasteiger partial charge in [0.05, 0.1) is 11.1 Å². The molecule has 2 aromatic rings. The monoisotopic (exact) mass is 168 g/mol. The number of hydrogen-bond acceptors (Lipinski definition) is 4. The maximum Gasteiger partial charge on any atom is 0.0853 e. The molecule has 0 N–H and O–H groups in total. The third-order valence-corrected chi connectivity index (χ3v) is 2.86. The van der Waals surface area contributed by atoms with Crippen LogP contribution in [0.3, 0.4) is 0 Å². The van der Waals surface area contributed by atoms with Gasteiger partial charge in [-0.1, -0.05) is 10.6 Å². The summed E-state index contributed by atoms with van der Waals surface area (Å²) >= 11 is 3.14. The second-order valence-electron chi connectivity index (χ2n) is 1.76. The third-order valence-electron chi connectivity index (χ3n) is 1.13. The maximum atomic E-state index is 3.78. The van der Waals surface area contributed by atoms with Crippen molar-refractivity contribution < 1.29 is 0 Å². The first kappa shape index (κ1) is 6.00. The van der Waals surface area contributed by atoms with Crippen LogP contribution in [-0.4, -0.2) is 9.59 Å². The van der Waals surface area contributed by atoms with Crippen LogP contribution in [0.5, 0.6) is 0 Å². The summed E-state index contributed by atoms with van der Waals surface area (Å²) in [5, 5.41) is 5.80. The molecule has 2 heterocycles. The molecule has 0 spiro atoms. The maximum absolute atomic E-state index is 3.78. The van der Waals surface area contributed by atoms with Crippen LogP contribution < -0.4 is 0 Å². The summed E-state index contributed by atoms with van der Waals surface area (Å²) in [7, 11) is 0. The minimum absolute atomic E-state index is 1.15. The van der Waals surface area contributed by atoms with Crippen molar-refractivity contribution in [1.82, 2.24) is 9.59 Å². The number of rotatable bonds is 1.